The van der Waals surface area contributed by atoms with Crippen LogP contribution in [0.15, 0.2) is 67.0 Å². The quantitative estimate of drug-likeness (QED) is 0.517. The number of pyridine rings is 2. The smallest absolute Gasteiger partial charge is 0.287 e. The molecule has 5 rings (SSSR count). The standard InChI is InChI=1S/C22H18F2N4O2/c23-22(24)10-12-28(21(29)17-13-27-11-4-3-7-19(27)25-17)14-18(22)30-20-9-8-15-5-1-2-6-16(15)26-20/h1-9,11,13,18H,10,12,14H2/t18-/m0/s1. The van der Waals surface area contributed by atoms with E-state index in [2.05, 4.69) is 9.97 Å². The summed E-state index contributed by atoms with van der Waals surface area (Å²) in [6, 6.07) is 16.1. The Morgan fingerprint density at radius 1 is 1.07 bits per heavy atom. The Kier molecular flexibility index (Phi) is 4.34. The van der Waals surface area contributed by atoms with Crippen LogP contribution in [0.1, 0.15) is 16.9 Å². The molecule has 0 radical (unpaired) electrons. The van der Waals surface area contributed by atoms with E-state index in [1.807, 2.05) is 30.3 Å². The van der Waals surface area contributed by atoms with Gasteiger partial charge in [0.2, 0.25) is 5.88 Å². The lowest BCUT2D eigenvalue weighted by molar-refractivity contribution is -0.131. The van der Waals surface area contributed by atoms with Crippen LogP contribution in [-0.4, -0.2) is 50.3 Å². The molecule has 1 aliphatic heterocycles. The maximum Gasteiger partial charge on any atom is 0.287 e. The summed E-state index contributed by atoms with van der Waals surface area (Å²) in [6.45, 7) is -0.307. The number of amides is 1. The maximum atomic E-state index is 14.6. The van der Waals surface area contributed by atoms with Crippen LogP contribution in [0.5, 0.6) is 5.88 Å². The van der Waals surface area contributed by atoms with Gasteiger partial charge in [0.15, 0.2) is 6.10 Å². The fourth-order valence-corrected chi connectivity index (χ4v) is 3.64. The van der Waals surface area contributed by atoms with Gasteiger partial charge < -0.3 is 14.0 Å². The molecule has 0 aliphatic carbocycles. The van der Waals surface area contributed by atoms with Crippen LogP contribution in [-0.2, 0) is 0 Å². The number of likely N-dealkylation sites (tertiary alicyclic amines) is 1. The molecule has 6 nitrogen and oxygen atoms in total. The van der Waals surface area contributed by atoms with E-state index >= 15 is 0 Å². The first-order valence-corrected chi connectivity index (χ1v) is 9.63. The first-order chi connectivity index (χ1) is 14.5. The molecule has 1 fully saturated rings. The average Bonchev–Trinajstić information content (AvgIpc) is 3.19. The van der Waals surface area contributed by atoms with Crippen molar-refractivity contribution in [2.45, 2.75) is 18.4 Å². The Morgan fingerprint density at radius 2 is 1.90 bits per heavy atom. The molecule has 4 aromatic rings. The molecule has 8 heteroatoms. The van der Waals surface area contributed by atoms with Crippen molar-refractivity contribution in [1.82, 2.24) is 19.3 Å². The first kappa shape index (κ1) is 18.5. The van der Waals surface area contributed by atoms with E-state index in [0.717, 1.165) is 5.39 Å². The number of nitrogens with zero attached hydrogens (tertiary/aromatic N) is 4. The molecule has 0 bridgehead atoms. The molecule has 152 valence electrons. The highest BCUT2D eigenvalue weighted by Gasteiger charge is 2.47. The Balaban J connectivity index is 1.38. The minimum atomic E-state index is -3.07. The van der Waals surface area contributed by atoms with Crippen LogP contribution in [0.3, 0.4) is 0 Å². The second-order valence-corrected chi connectivity index (χ2v) is 7.30. The molecule has 1 amide bonds. The first-order valence-electron chi connectivity index (χ1n) is 9.63. The predicted molar refractivity (Wildman–Crippen MR) is 107 cm³/mol. The summed E-state index contributed by atoms with van der Waals surface area (Å²) in [5.41, 5.74) is 1.50. The third kappa shape index (κ3) is 3.34. The van der Waals surface area contributed by atoms with Gasteiger partial charge in [0.25, 0.3) is 11.8 Å². The van der Waals surface area contributed by atoms with E-state index < -0.39 is 24.4 Å². The van der Waals surface area contributed by atoms with Crippen molar-refractivity contribution in [3.8, 4) is 5.88 Å². The molecule has 1 aliphatic rings. The highest BCUT2D eigenvalue weighted by Crippen LogP contribution is 2.32. The number of alkyl halides is 2. The van der Waals surface area contributed by atoms with Gasteiger partial charge in [0.05, 0.1) is 12.1 Å². The number of imidazole rings is 1. The van der Waals surface area contributed by atoms with E-state index in [1.54, 1.807) is 41.1 Å². The Hall–Kier alpha value is -3.55. The van der Waals surface area contributed by atoms with Crippen LogP contribution in [0, 0.1) is 0 Å². The largest absolute Gasteiger partial charge is 0.466 e. The van der Waals surface area contributed by atoms with E-state index in [0.29, 0.717) is 11.2 Å². The second-order valence-electron chi connectivity index (χ2n) is 7.30. The summed E-state index contributed by atoms with van der Waals surface area (Å²) < 4.78 is 36.4. The molecule has 0 N–H and O–H groups in total. The predicted octanol–water partition coefficient (Wildman–Crippen LogP) is 3.81. The highest BCUT2D eigenvalue weighted by atomic mass is 19.3. The van der Waals surface area contributed by atoms with Crippen LogP contribution in [0.2, 0.25) is 0 Å². The normalized spacial score (nSPS) is 18.6. The maximum absolute atomic E-state index is 14.6. The molecule has 0 saturated carbocycles. The van der Waals surface area contributed by atoms with E-state index in [1.165, 1.54) is 4.90 Å². The average molecular weight is 408 g/mol. The fraction of sp³-hybridized carbons (Fsp3) is 0.227. The Morgan fingerprint density at radius 3 is 2.77 bits per heavy atom. The SMILES string of the molecule is O=C(c1cn2ccccc2n1)N1CCC(F)(F)[C@@H](Oc2ccc3ccccc3n2)C1. The third-order valence-corrected chi connectivity index (χ3v) is 5.28. The van der Waals surface area contributed by atoms with Gasteiger partial charge in [0.1, 0.15) is 11.3 Å². The van der Waals surface area contributed by atoms with Crippen LogP contribution >= 0.6 is 0 Å². The number of hydrogen-bond acceptors (Lipinski definition) is 4. The number of hydrogen-bond donors (Lipinski definition) is 0. The number of halogens is 2. The number of carbonyl (C=O) groups excluding carboxylic acids is 1. The van der Waals surface area contributed by atoms with Gasteiger partial charge in [-0.15, -0.1) is 0 Å². The highest BCUT2D eigenvalue weighted by molar-refractivity contribution is 5.93. The summed E-state index contributed by atoms with van der Waals surface area (Å²) in [5, 5.41) is 0.893. The van der Waals surface area contributed by atoms with Crippen molar-refractivity contribution >= 4 is 22.5 Å². The Bertz CT molecular complexity index is 1210. The van der Waals surface area contributed by atoms with Crippen molar-refractivity contribution in [1.29, 1.82) is 0 Å². The third-order valence-electron chi connectivity index (χ3n) is 5.28. The molecule has 30 heavy (non-hydrogen) atoms. The van der Waals surface area contributed by atoms with Gasteiger partial charge in [-0.1, -0.05) is 24.3 Å². The van der Waals surface area contributed by atoms with Crippen LogP contribution < -0.4 is 4.74 Å². The van der Waals surface area contributed by atoms with Gasteiger partial charge in [-0.25, -0.2) is 18.7 Å². The number of aromatic nitrogens is 3. The van der Waals surface area contributed by atoms with Gasteiger partial charge in [-0.2, -0.15) is 0 Å². The number of ether oxygens (including phenoxy) is 1. The van der Waals surface area contributed by atoms with Crippen molar-refractivity contribution in [3.63, 3.8) is 0 Å². The van der Waals surface area contributed by atoms with Crippen molar-refractivity contribution < 1.29 is 18.3 Å². The minimum absolute atomic E-state index is 0.0648. The number of benzene rings is 1. The van der Waals surface area contributed by atoms with Crippen molar-refractivity contribution in [2.24, 2.45) is 0 Å². The number of rotatable bonds is 3. The second kappa shape index (κ2) is 7.05. The molecular formula is C22H18F2N4O2. The number of piperidine rings is 1. The summed E-state index contributed by atoms with van der Waals surface area (Å²) in [5.74, 6) is -3.35. The molecule has 1 atom stereocenters. The van der Waals surface area contributed by atoms with Crippen LogP contribution in [0.4, 0.5) is 8.78 Å². The topological polar surface area (TPSA) is 59.7 Å². The zero-order valence-corrected chi connectivity index (χ0v) is 15.9. The summed E-state index contributed by atoms with van der Waals surface area (Å²) in [7, 11) is 0. The molecular weight excluding hydrogens is 390 g/mol. The van der Waals surface area contributed by atoms with Gasteiger partial charge in [-0.3, -0.25) is 4.79 Å². The molecule has 4 heterocycles. The number of fused-ring (bicyclic) bond motifs is 2. The zero-order valence-electron chi connectivity index (χ0n) is 15.9. The summed E-state index contributed by atoms with van der Waals surface area (Å²) in [6.07, 6.45) is 1.41. The van der Waals surface area contributed by atoms with Gasteiger partial charge in [0, 0.05) is 36.8 Å². The summed E-state index contributed by atoms with van der Waals surface area (Å²) >= 11 is 0. The molecule has 1 aromatic carbocycles. The van der Waals surface area contributed by atoms with Gasteiger partial charge >= 0.3 is 0 Å². The van der Waals surface area contributed by atoms with E-state index in [4.69, 9.17) is 4.74 Å². The van der Waals surface area contributed by atoms with E-state index in [9.17, 15) is 13.6 Å². The molecule has 0 spiro atoms. The Labute approximate surface area is 170 Å². The lowest BCUT2D eigenvalue weighted by Crippen LogP contribution is -2.55. The van der Waals surface area contributed by atoms with Crippen molar-refractivity contribution in [3.05, 3.63) is 72.7 Å². The fourth-order valence-electron chi connectivity index (χ4n) is 3.64. The molecule has 0 unspecified atom stereocenters. The number of para-hydroxylation sites is 1. The summed E-state index contributed by atoms with van der Waals surface area (Å²) in [4.78, 5) is 22.9. The lowest BCUT2D eigenvalue weighted by Gasteiger charge is -2.37. The lowest BCUT2D eigenvalue weighted by atomic mass is 10.0. The number of carbonyl (C=O) groups is 1. The van der Waals surface area contributed by atoms with E-state index in [-0.39, 0.29) is 24.7 Å². The zero-order chi connectivity index (χ0) is 20.7. The molecule has 1 saturated heterocycles. The minimum Gasteiger partial charge on any atom is -0.466 e. The van der Waals surface area contributed by atoms with Crippen molar-refractivity contribution in [2.75, 3.05) is 13.1 Å². The molecule has 3 aromatic heterocycles. The monoisotopic (exact) mass is 408 g/mol. The van der Waals surface area contributed by atoms with Crippen LogP contribution in [0.25, 0.3) is 16.6 Å². The van der Waals surface area contributed by atoms with Gasteiger partial charge in [-0.05, 0) is 24.3 Å².